The maximum atomic E-state index is 11.6. The number of benzene rings is 1. The van der Waals surface area contributed by atoms with E-state index in [2.05, 4.69) is 11.5 Å². The van der Waals surface area contributed by atoms with Crippen molar-refractivity contribution in [2.75, 3.05) is 7.11 Å². The lowest BCUT2D eigenvalue weighted by atomic mass is 10.1. The van der Waals surface area contributed by atoms with Crippen molar-refractivity contribution in [3.8, 4) is 11.5 Å². The molecular weight excluding hydrogens is 278 g/mol. The zero-order valence-electron chi connectivity index (χ0n) is 11.4. The average molecular weight is 296 g/mol. The van der Waals surface area contributed by atoms with Gasteiger partial charge >= 0.3 is 5.97 Å². The molecule has 2 atom stereocenters. The summed E-state index contributed by atoms with van der Waals surface area (Å²) in [4.78, 5) is 11.6. The number of halogens is 1. The van der Waals surface area contributed by atoms with Gasteiger partial charge in [-0.2, -0.15) is 0 Å². The predicted octanol–water partition coefficient (Wildman–Crippen LogP) is 2.53. The second-order valence-corrected chi connectivity index (χ2v) is 9.71. The zero-order valence-corrected chi connectivity index (χ0v) is 13.1. The summed E-state index contributed by atoms with van der Waals surface area (Å²) >= 11 is 6.03. The van der Waals surface area contributed by atoms with Crippen LogP contribution in [-0.4, -0.2) is 26.3 Å². The first-order valence-corrected chi connectivity index (χ1v) is 9.27. The van der Waals surface area contributed by atoms with Crippen LogP contribution in [0.5, 0.6) is 0 Å². The highest BCUT2D eigenvalue weighted by molar-refractivity contribution is 6.92. The molecule has 0 aliphatic rings. The van der Waals surface area contributed by atoms with Gasteiger partial charge in [-0.05, 0) is 18.2 Å². The molecule has 2 N–H and O–H groups in total. The Labute approximate surface area is 120 Å². The van der Waals surface area contributed by atoms with E-state index in [4.69, 9.17) is 22.1 Å². The van der Waals surface area contributed by atoms with Crippen LogP contribution < -0.4 is 5.73 Å². The molecule has 0 heterocycles. The molecule has 1 aromatic rings. The number of esters is 1. The Morgan fingerprint density at radius 1 is 1.53 bits per heavy atom. The van der Waals surface area contributed by atoms with E-state index in [9.17, 15) is 4.79 Å². The summed E-state index contributed by atoms with van der Waals surface area (Å²) in [6.45, 7) is 4.08. The van der Waals surface area contributed by atoms with Crippen LogP contribution in [0.15, 0.2) is 24.3 Å². The third kappa shape index (κ3) is 3.84. The van der Waals surface area contributed by atoms with Gasteiger partial charge in [0.05, 0.1) is 17.8 Å². The van der Waals surface area contributed by atoms with Crippen molar-refractivity contribution in [1.82, 2.24) is 0 Å². The standard InChI is InChI=1S/C14H18ClNO2Si/c1-4-19(3,14(15)16)10-9-11-7-5-6-8-12(11)13(17)18-2/h5-8,14H,4,16H2,1-3H3. The molecule has 0 fully saturated rings. The lowest BCUT2D eigenvalue weighted by Crippen LogP contribution is -2.45. The van der Waals surface area contributed by atoms with E-state index in [0.29, 0.717) is 11.1 Å². The van der Waals surface area contributed by atoms with E-state index >= 15 is 0 Å². The normalized spacial score (nSPS) is 14.8. The van der Waals surface area contributed by atoms with Crippen LogP contribution in [-0.2, 0) is 4.74 Å². The maximum Gasteiger partial charge on any atom is 0.339 e. The van der Waals surface area contributed by atoms with E-state index in [-0.39, 0.29) is 5.97 Å². The molecule has 0 radical (unpaired) electrons. The lowest BCUT2D eigenvalue weighted by molar-refractivity contribution is 0.0600. The van der Waals surface area contributed by atoms with Gasteiger partial charge in [0, 0.05) is 5.56 Å². The number of hydrogen-bond acceptors (Lipinski definition) is 3. The van der Waals surface area contributed by atoms with Crippen molar-refractivity contribution in [2.24, 2.45) is 5.73 Å². The SMILES string of the molecule is CC[Si](C)(C#Cc1ccccc1C(=O)OC)C(N)Cl. The number of carbonyl (C=O) groups is 1. The number of rotatable bonds is 3. The molecule has 0 bridgehead atoms. The predicted molar refractivity (Wildman–Crippen MR) is 80.6 cm³/mol. The van der Waals surface area contributed by atoms with Crippen molar-refractivity contribution in [3.63, 3.8) is 0 Å². The van der Waals surface area contributed by atoms with E-state index in [1.807, 2.05) is 19.5 Å². The van der Waals surface area contributed by atoms with Crippen LogP contribution in [0.2, 0.25) is 12.6 Å². The third-order valence-corrected chi connectivity index (χ3v) is 7.99. The summed E-state index contributed by atoms with van der Waals surface area (Å²) in [5, 5.41) is -0.421. The van der Waals surface area contributed by atoms with Crippen LogP contribution in [0, 0.1) is 11.5 Å². The number of nitrogens with two attached hydrogens (primary N) is 1. The van der Waals surface area contributed by atoms with Gasteiger partial charge in [0.2, 0.25) is 0 Å². The minimum atomic E-state index is -2.02. The van der Waals surface area contributed by atoms with Crippen molar-refractivity contribution in [1.29, 1.82) is 0 Å². The summed E-state index contributed by atoms with van der Waals surface area (Å²) < 4.78 is 4.74. The average Bonchev–Trinajstić information content (AvgIpc) is 2.44. The van der Waals surface area contributed by atoms with Gasteiger partial charge in [-0.25, -0.2) is 4.79 Å². The molecule has 3 nitrogen and oxygen atoms in total. The van der Waals surface area contributed by atoms with Gasteiger partial charge in [-0.15, -0.1) is 17.1 Å². The Balaban J connectivity index is 3.17. The fourth-order valence-corrected chi connectivity index (χ4v) is 3.19. The Bertz CT molecular complexity index is 522. The first kappa shape index (κ1) is 15.8. The summed E-state index contributed by atoms with van der Waals surface area (Å²) in [5.74, 6) is 2.66. The fraction of sp³-hybridized carbons (Fsp3) is 0.357. The topological polar surface area (TPSA) is 52.3 Å². The summed E-state index contributed by atoms with van der Waals surface area (Å²) in [6, 6.07) is 7.97. The minimum Gasteiger partial charge on any atom is -0.465 e. The molecule has 5 heteroatoms. The number of methoxy groups -OCH3 is 1. The summed E-state index contributed by atoms with van der Waals surface area (Å²) in [6.07, 6.45) is 0. The monoisotopic (exact) mass is 295 g/mol. The zero-order chi connectivity index (χ0) is 14.5. The molecule has 0 aliphatic heterocycles. The highest BCUT2D eigenvalue weighted by Crippen LogP contribution is 2.15. The smallest absolute Gasteiger partial charge is 0.339 e. The molecule has 2 unspecified atom stereocenters. The summed E-state index contributed by atoms with van der Waals surface area (Å²) in [7, 11) is -0.668. The van der Waals surface area contributed by atoms with E-state index in [0.717, 1.165) is 6.04 Å². The Morgan fingerprint density at radius 3 is 2.68 bits per heavy atom. The first-order valence-electron chi connectivity index (χ1n) is 6.04. The van der Waals surface area contributed by atoms with Crippen molar-refractivity contribution in [2.45, 2.75) is 24.6 Å². The van der Waals surface area contributed by atoms with Crippen LogP contribution in [0.4, 0.5) is 0 Å². The number of alkyl halides is 1. The summed E-state index contributed by atoms with van der Waals surface area (Å²) in [5.41, 5.74) is 10.1. The van der Waals surface area contributed by atoms with Gasteiger partial charge in [0.25, 0.3) is 0 Å². The third-order valence-electron chi connectivity index (χ3n) is 3.16. The maximum absolute atomic E-state index is 11.6. The number of ether oxygens (including phenoxy) is 1. The molecule has 1 aromatic carbocycles. The van der Waals surface area contributed by atoms with Gasteiger partial charge in [-0.3, -0.25) is 0 Å². The van der Waals surface area contributed by atoms with Gasteiger partial charge in [0.15, 0.2) is 8.07 Å². The van der Waals surface area contributed by atoms with Crippen LogP contribution in [0.1, 0.15) is 22.8 Å². The molecular formula is C14H18ClNO2Si. The quantitative estimate of drug-likeness (QED) is 0.306. The van der Waals surface area contributed by atoms with Crippen molar-refractivity contribution >= 4 is 25.6 Å². The number of carbonyl (C=O) groups excluding carboxylic acids is 1. The van der Waals surface area contributed by atoms with Crippen molar-refractivity contribution < 1.29 is 9.53 Å². The molecule has 1 rings (SSSR count). The Kier molecular flexibility index (Phi) is 5.61. The van der Waals surface area contributed by atoms with Gasteiger partial charge in [0.1, 0.15) is 0 Å². The second-order valence-electron chi connectivity index (χ2n) is 4.46. The lowest BCUT2D eigenvalue weighted by Gasteiger charge is -2.21. The van der Waals surface area contributed by atoms with E-state index in [1.165, 1.54) is 7.11 Å². The van der Waals surface area contributed by atoms with Crippen LogP contribution in [0.25, 0.3) is 0 Å². The molecule has 0 saturated heterocycles. The Hall–Kier alpha value is -1.28. The van der Waals surface area contributed by atoms with Gasteiger partial charge < -0.3 is 10.5 Å². The molecule has 102 valence electrons. The van der Waals surface area contributed by atoms with E-state index < -0.39 is 13.2 Å². The largest absolute Gasteiger partial charge is 0.465 e. The Morgan fingerprint density at radius 2 is 2.16 bits per heavy atom. The highest BCUT2D eigenvalue weighted by atomic mass is 35.5. The van der Waals surface area contributed by atoms with E-state index in [1.54, 1.807) is 18.2 Å². The van der Waals surface area contributed by atoms with Crippen LogP contribution >= 0.6 is 11.6 Å². The van der Waals surface area contributed by atoms with Crippen molar-refractivity contribution in [3.05, 3.63) is 35.4 Å². The highest BCUT2D eigenvalue weighted by Gasteiger charge is 2.29. The second kappa shape index (κ2) is 6.76. The minimum absolute atomic E-state index is 0.389. The molecule has 0 amide bonds. The number of hydrogen-bond donors (Lipinski definition) is 1. The fourth-order valence-electron chi connectivity index (χ4n) is 1.44. The molecule has 0 saturated carbocycles. The van der Waals surface area contributed by atoms with Crippen LogP contribution in [0.3, 0.4) is 0 Å². The molecule has 0 aliphatic carbocycles. The molecule has 0 aromatic heterocycles. The molecule has 0 spiro atoms. The first-order chi connectivity index (χ1) is 8.94. The van der Waals surface area contributed by atoms with Gasteiger partial charge in [-0.1, -0.05) is 31.5 Å². The molecule has 19 heavy (non-hydrogen) atoms.